The zero-order valence-corrected chi connectivity index (χ0v) is 63.7. The molecule has 0 bridgehead atoms. The predicted octanol–water partition coefficient (Wildman–Crippen LogP) is -2.89. The van der Waals surface area contributed by atoms with E-state index in [-0.39, 0.29) is 76.2 Å². The molecule has 3 heterocycles. The van der Waals surface area contributed by atoms with Gasteiger partial charge >= 0.3 is 0 Å². The van der Waals surface area contributed by atoms with Crippen LogP contribution in [0.5, 0.6) is 0 Å². The zero-order chi connectivity index (χ0) is 80.9. The Morgan fingerprint density at radius 2 is 1.00 bits per heavy atom. The molecule has 35 nitrogen and oxygen atoms in total. The summed E-state index contributed by atoms with van der Waals surface area (Å²) in [6, 6.07) is 6.07. The molecule has 6 rings (SSSR count). The molecule has 12 atom stereocenters. The molecular weight excluding hydrogens is 1440 g/mol. The first-order chi connectivity index (χ1) is 52.3. The molecule has 110 heavy (non-hydrogen) atoms. The summed E-state index contributed by atoms with van der Waals surface area (Å²) >= 11 is 0.868. The summed E-state index contributed by atoms with van der Waals surface area (Å²) < 4.78 is 0. The number of aliphatic imine (C=N–C) groups is 1. The topological polar surface area (TPSA) is 569 Å². The normalized spacial score (nSPS) is 23.4. The van der Waals surface area contributed by atoms with Gasteiger partial charge in [0.25, 0.3) is 0 Å². The number of thioether (sulfide) groups is 1. The third-order valence-corrected chi connectivity index (χ3v) is 19.8. The number of aliphatic hydroxyl groups excluding tert-OH is 1. The molecular formula is C74H106N20O15S. The number of likely N-dealkylation sites (N-methyl/N-ethyl adjacent to an activating group) is 1. The van der Waals surface area contributed by atoms with Crippen molar-refractivity contribution >= 4 is 122 Å². The molecule has 2 aromatic heterocycles. The Labute approximate surface area is 641 Å². The lowest BCUT2D eigenvalue weighted by Crippen LogP contribution is -2.62. The Balaban J connectivity index is 1.42. The smallest absolute Gasteiger partial charge is 0.245 e. The van der Waals surface area contributed by atoms with Crippen molar-refractivity contribution in [2.45, 2.75) is 172 Å². The number of fused-ring (bicyclic) bond motifs is 2. The van der Waals surface area contributed by atoms with Crippen LogP contribution >= 0.6 is 11.8 Å². The SMILES string of the molecule is CC[C@H](C)[C@@H]1NC(=O)[C@H](Cc2ccccc2)NC(=O)CSC[C@@H](C(N)=O)NC(=O)[C@H](C(C)C)NC(=O)[C@H](Cc2c[nH]c3ccccc23)NC(=O)[C@H](CCCCN)NC(=O)[C@H](C(C)C)NC(=O)[C@H](Cc2c[nH]c3ccccc23)NC(=O)[C@H](CC(N)=O)NC(=O)[C@@H](CCCN=C(N)N)NC(=O)CNC(=O)[C@H](CO)N(C)C1=O. The van der Waals surface area contributed by atoms with Crippen LogP contribution in [-0.2, 0) is 86.4 Å². The second-order valence-electron chi connectivity index (χ2n) is 27.9. The largest absolute Gasteiger partial charge is 0.394 e. The van der Waals surface area contributed by atoms with E-state index >= 15 is 4.79 Å². The standard InChI is InChI=1S/C74H106N20O15S/c1-8-41(6)62-73(109)94(7)56(36-95)70(106)83-35-58(97)84-49(26-18-28-80-74(78)79)64(100)89-54(32-57(76)96)66(102)88-53(31-44-34-82-48-24-15-13-22-46(44)48)69(105)91-60(39(2)3)71(107)86-50(25-16-17-27-75)65(101)87-52(30-43-33-81-47-23-14-12-21-45(43)47)68(104)92-61(40(4)5)72(108)90-55(63(77)99)37-110-38-59(98)85-51(67(103)93-62)29-42-19-10-9-11-20-42/h9-15,19-24,33-34,39-41,49-56,60-62,81-82,95H,8,16-18,25-32,35-38,75H2,1-7H3,(H2,76,96)(H2,77,99)(H,83,106)(H,84,97)(H,85,98)(H,86,107)(H,87,101)(H,88,102)(H,89,100)(H,90,108)(H,91,105)(H,92,104)(H,93,103)(H4,78,79,80)/t41-,49+,50-,51-,52-,53-,54-,55-,56-,60-,61-,62-/m0/s1. The number of carbonyl (C=O) groups is 14. The summed E-state index contributed by atoms with van der Waals surface area (Å²) in [6.45, 7) is 8.07. The number of primary amides is 2. The van der Waals surface area contributed by atoms with Gasteiger partial charge in [-0.1, -0.05) is 115 Å². The van der Waals surface area contributed by atoms with Crippen LogP contribution in [0.25, 0.3) is 21.8 Å². The number of carbonyl (C=O) groups excluding carboxylic acids is 14. The highest BCUT2D eigenvalue weighted by Gasteiger charge is 2.40. The number of para-hydroxylation sites is 2. The first-order valence-corrected chi connectivity index (χ1v) is 37.7. The fourth-order valence-corrected chi connectivity index (χ4v) is 13.2. The van der Waals surface area contributed by atoms with E-state index in [2.05, 4.69) is 73.4 Å². The molecule has 0 radical (unpaired) electrons. The number of hydrogen-bond donors (Lipinski definition) is 19. The van der Waals surface area contributed by atoms with Crippen molar-refractivity contribution in [2.75, 3.05) is 44.8 Å². The maximum atomic E-state index is 15.1. The molecule has 24 N–H and O–H groups in total. The van der Waals surface area contributed by atoms with Crippen molar-refractivity contribution in [2.24, 2.45) is 51.4 Å². The molecule has 5 aromatic rings. The van der Waals surface area contributed by atoms with Crippen molar-refractivity contribution in [1.29, 1.82) is 0 Å². The molecule has 0 aliphatic carbocycles. The number of aromatic nitrogens is 2. The molecule has 3 aromatic carbocycles. The minimum absolute atomic E-state index is 0.0138. The van der Waals surface area contributed by atoms with Gasteiger partial charge in [-0.2, -0.15) is 0 Å². The summed E-state index contributed by atoms with van der Waals surface area (Å²) in [5.41, 5.74) is 31.6. The number of hydrogen-bond acceptors (Lipinski definition) is 18. The van der Waals surface area contributed by atoms with Crippen LogP contribution in [0.4, 0.5) is 0 Å². The molecule has 0 saturated carbocycles. The van der Waals surface area contributed by atoms with E-state index in [0.717, 1.165) is 16.7 Å². The number of aliphatic hydroxyl groups is 1. The molecule has 598 valence electrons. The minimum atomic E-state index is -1.86. The van der Waals surface area contributed by atoms with Gasteiger partial charge in [-0.25, -0.2) is 0 Å². The van der Waals surface area contributed by atoms with Crippen LogP contribution in [-0.4, -0.2) is 220 Å². The number of nitrogens with two attached hydrogens (primary N) is 5. The Morgan fingerprint density at radius 1 is 0.536 bits per heavy atom. The zero-order valence-electron chi connectivity index (χ0n) is 62.9. The van der Waals surface area contributed by atoms with Crippen LogP contribution in [0.2, 0.25) is 0 Å². The third-order valence-electron chi connectivity index (χ3n) is 18.8. The van der Waals surface area contributed by atoms with Crippen LogP contribution in [0, 0.1) is 17.8 Å². The number of H-pyrrole nitrogens is 2. The number of nitrogens with zero attached hydrogens (tertiary/aromatic N) is 2. The summed E-state index contributed by atoms with van der Waals surface area (Å²) in [6.07, 6.45) is 2.50. The van der Waals surface area contributed by atoms with E-state index in [4.69, 9.17) is 28.7 Å². The van der Waals surface area contributed by atoms with Crippen molar-refractivity contribution in [3.63, 3.8) is 0 Å². The van der Waals surface area contributed by atoms with Crippen molar-refractivity contribution in [3.8, 4) is 0 Å². The van der Waals surface area contributed by atoms with E-state index in [1.54, 1.807) is 133 Å². The van der Waals surface area contributed by atoms with E-state index in [0.29, 0.717) is 44.9 Å². The highest BCUT2D eigenvalue weighted by Crippen LogP contribution is 2.23. The van der Waals surface area contributed by atoms with Crippen LogP contribution in [0.15, 0.2) is 96.2 Å². The summed E-state index contributed by atoms with van der Waals surface area (Å²) in [7, 11) is 1.19. The van der Waals surface area contributed by atoms with Gasteiger partial charge in [0.15, 0.2) is 5.96 Å². The van der Waals surface area contributed by atoms with Crippen LogP contribution < -0.4 is 87.2 Å². The molecule has 0 spiro atoms. The lowest BCUT2D eigenvalue weighted by atomic mass is 9.96. The van der Waals surface area contributed by atoms with Crippen molar-refractivity contribution in [3.05, 3.63) is 108 Å². The van der Waals surface area contributed by atoms with Gasteiger partial charge in [0, 0.05) is 72.8 Å². The van der Waals surface area contributed by atoms with Gasteiger partial charge in [0.05, 0.1) is 25.3 Å². The Morgan fingerprint density at radius 3 is 1.51 bits per heavy atom. The first-order valence-electron chi connectivity index (χ1n) is 36.6. The maximum absolute atomic E-state index is 15.1. The number of benzene rings is 3. The molecule has 36 heteroatoms. The molecule has 1 aliphatic rings. The fraction of sp³-hybridized carbons (Fsp3) is 0.500. The van der Waals surface area contributed by atoms with Crippen LogP contribution in [0.3, 0.4) is 0 Å². The van der Waals surface area contributed by atoms with Gasteiger partial charge < -0.3 is 107 Å². The first kappa shape index (κ1) is 87.8. The van der Waals surface area contributed by atoms with Gasteiger partial charge in [0.1, 0.15) is 66.5 Å². The minimum Gasteiger partial charge on any atom is -0.394 e. The number of amides is 14. The number of aromatic amines is 2. The van der Waals surface area contributed by atoms with Gasteiger partial charge in [-0.15, -0.1) is 11.8 Å². The lowest BCUT2D eigenvalue weighted by molar-refractivity contribution is -0.144. The van der Waals surface area contributed by atoms with E-state index < -0.39 is 192 Å². The molecule has 0 unspecified atom stereocenters. The van der Waals surface area contributed by atoms with Crippen LogP contribution in [0.1, 0.15) is 103 Å². The number of guanidine groups is 1. The average Bonchev–Trinajstić information content (AvgIpc) is 1.66. The van der Waals surface area contributed by atoms with Gasteiger partial charge in [0.2, 0.25) is 82.7 Å². The Kier molecular flexibility index (Phi) is 34.4. The highest BCUT2D eigenvalue weighted by molar-refractivity contribution is 8.00. The van der Waals surface area contributed by atoms with Gasteiger partial charge in [-0.05, 0) is 85.2 Å². The second-order valence-corrected chi connectivity index (χ2v) is 28.9. The predicted molar refractivity (Wildman–Crippen MR) is 412 cm³/mol. The average molecular weight is 1550 g/mol. The fourth-order valence-electron chi connectivity index (χ4n) is 12.3. The quantitative estimate of drug-likeness (QED) is 0.0188. The summed E-state index contributed by atoms with van der Waals surface area (Å²) in [4.78, 5) is 212. The molecule has 1 fully saturated rings. The van der Waals surface area contributed by atoms with E-state index in [1.165, 1.54) is 7.05 Å². The summed E-state index contributed by atoms with van der Waals surface area (Å²) in [5, 5.41) is 41.0. The van der Waals surface area contributed by atoms with E-state index in [9.17, 15) is 67.4 Å². The summed E-state index contributed by atoms with van der Waals surface area (Å²) in [5.74, 6) is -16.3. The van der Waals surface area contributed by atoms with Crippen molar-refractivity contribution in [1.82, 2.24) is 73.4 Å². The Bertz CT molecular complexity index is 4070. The number of rotatable bonds is 22. The lowest BCUT2D eigenvalue weighted by Gasteiger charge is -2.33. The van der Waals surface area contributed by atoms with E-state index in [1.807, 2.05) is 0 Å². The maximum Gasteiger partial charge on any atom is 0.245 e. The number of unbranched alkanes of at least 4 members (excludes halogenated alkanes) is 1. The molecule has 1 saturated heterocycles. The van der Waals surface area contributed by atoms with Gasteiger partial charge in [-0.3, -0.25) is 72.1 Å². The number of nitrogens with one attached hydrogen (secondary N) is 13. The molecule has 1 aliphatic heterocycles. The third kappa shape index (κ3) is 26.3. The Hall–Kier alpha value is -11.1. The molecule has 14 amide bonds. The highest BCUT2D eigenvalue weighted by atomic mass is 32.2. The second kappa shape index (κ2) is 43.2. The monoisotopic (exact) mass is 1550 g/mol. The van der Waals surface area contributed by atoms with Crippen molar-refractivity contribution < 1.29 is 72.2 Å².